The lowest BCUT2D eigenvalue weighted by atomic mass is 9.89. The lowest BCUT2D eigenvalue weighted by Crippen LogP contribution is -2.48. The lowest BCUT2D eigenvalue weighted by molar-refractivity contribution is -0.118. The Bertz CT molecular complexity index is 1100. The summed E-state index contributed by atoms with van der Waals surface area (Å²) >= 11 is 0. The zero-order valence-electron chi connectivity index (χ0n) is 18.4. The van der Waals surface area contributed by atoms with Crippen LogP contribution in [0.4, 0.5) is 15.8 Å². The van der Waals surface area contributed by atoms with Crippen molar-refractivity contribution in [3.8, 4) is 0 Å². The van der Waals surface area contributed by atoms with E-state index in [1.165, 1.54) is 12.1 Å². The van der Waals surface area contributed by atoms with E-state index in [-0.39, 0.29) is 36.1 Å². The summed E-state index contributed by atoms with van der Waals surface area (Å²) in [5, 5.41) is 0. The Labute approximate surface area is 188 Å². The molecule has 3 aromatic carbocycles. The van der Waals surface area contributed by atoms with E-state index < -0.39 is 0 Å². The minimum atomic E-state index is -0.322. The molecule has 164 valence electrons. The number of nitrogens with zero attached hydrogens (tertiary/aromatic N) is 2. The number of amides is 2. The van der Waals surface area contributed by atoms with Crippen LogP contribution in [0.2, 0.25) is 0 Å². The van der Waals surface area contributed by atoms with Crippen molar-refractivity contribution in [3.63, 3.8) is 0 Å². The van der Waals surface area contributed by atoms with Crippen LogP contribution < -0.4 is 9.80 Å². The van der Waals surface area contributed by atoms with Crippen molar-refractivity contribution in [1.29, 1.82) is 0 Å². The Hall–Kier alpha value is -3.47. The molecule has 4 nitrogen and oxygen atoms in total. The molecule has 1 aliphatic heterocycles. The molecule has 0 bridgehead atoms. The van der Waals surface area contributed by atoms with Gasteiger partial charge in [0.25, 0.3) is 0 Å². The average Bonchev–Trinajstić information content (AvgIpc) is 2.81. The Morgan fingerprint density at radius 2 is 1.62 bits per heavy atom. The van der Waals surface area contributed by atoms with Gasteiger partial charge < -0.3 is 9.80 Å². The lowest BCUT2D eigenvalue weighted by Gasteiger charge is -2.43. The fourth-order valence-electron chi connectivity index (χ4n) is 4.53. The zero-order valence-corrected chi connectivity index (χ0v) is 18.4. The molecule has 0 fully saturated rings. The SMILES string of the molecule is CCC(=O)N1c2ccccc2[C@H](N(C(=O)Cc2ccc(F)cc2)c2ccccc2)C[C@@H]1C. The fourth-order valence-corrected chi connectivity index (χ4v) is 4.53. The molecule has 0 spiro atoms. The van der Waals surface area contributed by atoms with Gasteiger partial charge in [-0.05, 0) is 54.8 Å². The van der Waals surface area contributed by atoms with E-state index in [1.54, 1.807) is 12.1 Å². The number of halogens is 1. The molecule has 0 aliphatic carbocycles. The maximum absolute atomic E-state index is 13.6. The highest BCUT2D eigenvalue weighted by Crippen LogP contribution is 2.42. The monoisotopic (exact) mass is 430 g/mol. The molecule has 0 aromatic heterocycles. The van der Waals surface area contributed by atoms with Crippen LogP contribution in [0.25, 0.3) is 0 Å². The van der Waals surface area contributed by atoms with Crippen LogP contribution in [-0.2, 0) is 16.0 Å². The van der Waals surface area contributed by atoms with Crippen LogP contribution in [-0.4, -0.2) is 17.9 Å². The molecule has 0 radical (unpaired) electrons. The summed E-state index contributed by atoms with van der Waals surface area (Å²) in [4.78, 5) is 30.0. The summed E-state index contributed by atoms with van der Waals surface area (Å²) in [5.41, 5.74) is 3.39. The first kappa shape index (κ1) is 21.8. The second-order valence-electron chi connectivity index (χ2n) is 8.18. The van der Waals surface area contributed by atoms with Crippen LogP contribution in [0.5, 0.6) is 0 Å². The van der Waals surface area contributed by atoms with E-state index in [9.17, 15) is 14.0 Å². The first-order chi connectivity index (χ1) is 15.5. The molecular formula is C27H27FN2O2. The van der Waals surface area contributed by atoms with Crippen molar-refractivity contribution in [2.75, 3.05) is 9.80 Å². The molecule has 0 saturated heterocycles. The maximum Gasteiger partial charge on any atom is 0.231 e. The number of carbonyl (C=O) groups excluding carboxylic acids is 2. The fraction of sp³-hybridized carbons (Fsp3) is 0.259. The largest absolute Gasteiger partial charge is 0.309 e. The summed E-state index contributed by atoms with van der Waals surface area (Å²) in [6.45, 7) is 3.90. The third-order valence-electron chi connectivity index (χ3n) is 6.01. The summed E-state index contributed by atoms with van der Waals surface area (Å²) in [5.74, 6) is -0.311. The van der Waals surface area contributed by atoms with E-state index in [0.29, 0.717) is 12.8 Å². The molecule has 32 heavy (non-hydrogen) atoms. The number of anilines is 2. The number of carbonyl (C=O) groups is 2. The minimum Gasteiger partial charge on any atom is -0.309 e. The molecule has 1 heterocycles. The molecule has 2 amide bonds. The van der Waals surface area contributed by atoms with Gasteiger partial charge in [-0.15, -0.1) is 0 Å². The van der Waals surface area contributed by atoms with Crippen LogP contribution in [0.15, 0.2) is 78.9 Å². The van der Waals surface area contributed by atoms with Crippen molar-refractivity contribution in [2.45, 2.75) is 45.2 Å². The van der Waals surface area contributed by atoms with E-state index in [4.69, 9.17) is 0 Å². The third kappa shape index (κ3) is 4.28. The highest BCUT2D eigenvalue weighted by Gasteiger charge is 2.38. The number of hydrogen-bond donors (Lipinski definition) is 0. The van der Waals surface area contributed by atoms with Gasteiger partial charge in [-0.2, -0.15) is 0 Å². The average molecular weight is 431 g/mol. The maximum atomic E-state index is 13.6. The normalized spacial score (nSPS) is 17.5. The molecule has 4 rings (SSSR count). The van der Waals surface area contributed by atoms with Crippen LogP contribution in [0.3, 0.4) is 0 Å². The van der Waals surface area contributed by atoms with Gasteiger partial charge in [0.2, 0.25) is 11.8 Å². The quantitative estimate of drug-likeness (QED) is 0.523. The van der Waals surface area contributed by atoms with E-state index in [1.807, 2.05) is 78.2 Å². The van der Waals surface area contributed by atoms with Gasteiger partial charge in [0, 0.05) is 23.8 Å². The molecular weight excluding hydrogens is 403 g/mol. The van der Waals surface area contributed by atoms with Gasteiger partial charge >= 0.3 is 0 Å². The van der Waals surface area contributed by atoms with Gasteiger partial charge in [0.05, 0.1) is 12.5 Å². The van der Waals surface area contributed by atoms with Crippen molar-refractivity contribution in [2.24, 2.45) is 0 Å². The van der Waals surface area contributed by atoms with E-state index in [0.717, 1.165) is 22.5 Å². The Kier molecular flexibility index (Phi) is 6.35. The number of fused-ring (bicyclic) bond motifs is 1. The standard InChI is InChI=1S/C27H27FN2O2/c1-3-26(31)29-19(2)17-25(23-11-7-8-12-24(23)29)30(22-9-5-4-6-10-22)27(32)18-20-13-15-21(28)16-14-20/h4-16,19,25H,3,17-18H2,1-2H3/t19-,25+/m0/s1. The second-order valence-corrected chi connectivity index (χ2v) is 8.18. The predicted molar refractivity (Wildman–Crippen MR) is 125 cm³/mol. The van der Waals surface area contributed by atoms with Crippen molar-refractivity contribution < 1.29 is 14.0 Å². The smallest absolute Gasteiger partial charge is 0.231 e. The summed E-state index contributed by atoms with van der Waals surface area (Å²) in [7, 11) is 0. The Morgan fingerprint density at radius 3 is 2.31 bits per heavy atom. The zero-order chi connectivity index (χ0) is 22.7. The van der Waals surface area contributed by atoms with Gasteiger partial charge in [-0.3, -0.25) is 9.59 Å². The van der Waals surface area contributed by atoms with Crippen molar-refractivity contribution >= 4 is 23.2 Å². The minimum absolute atomic E-state index is 0.0489. The summed E-state index contributed by atoms with van der Waals surface area (Å²) in [6, 6.07) is 23.2. The number of rotatable bonds is 5. The number of hydrogen-bond acceptors (Lipinski definition) is 2. The van der Waals surface area contributed by atoms with Crippen LogP contribution in [0.1, 0.15) is 43.9 Å². The molecule has 5 heteroatoms. The molecule has 0 N–H and O–H groups in total. The summed E-state index contributed by atoms with van der Waals surface area (Å²) < 4.78 is 13.4. The number of para-hydroxylation sites is 2. The predicted octanol–water partition coefficient (Wildman–Crippen LogP) is 5.68. The van der Waals surface area contributed by atoms with Gasteiger partial charge in [-0.25, -0.2) is 4.39 Å². The summed E-state index contributed by atoms with van der Waals surface area (Å²) in [6.07, 6.45) is 1.22. The molecule has 3 aromatic rings. The molecule has 0 saturated carbocycles. The first-order valence-electron chi connectivity index (χ1n) is 11.0. The van der Waals surface area contributed by atoms with Crippen LogP contribution >= 0.6 is 0 Å². The third-order valence-corrected chi connectivity index (χ3v) is 6.01. The van der Waals surface area contributed by atoms with E-state index in [2.05, 4.69) is 0 Å². The van der Waals surface area contributed by atoms with Crippen LogP contribution in [0, 0.1) is 5.82 Å². The van der Waals surface area contributed by atoms with Gasteiger partial charge in [0.1, 0.15) is 5.82 Å². The van der Waals surface area contributed by atoms with Gasteiger partial charge in [0.15, 0.2) is 0 Å². The van der Waals surface area contributed by atoms with E-state index >= 15 is 0 Å². The molecule has 1 aliphatic rings. The van der Waals surface area contributed by atoms with Crippen molar-refractivity contribution in [3.05, 3.63) is 95.8 Å². The Morgan fingerprint density at radius 1 is 0.969 bits per heavy atom. The first-order valence-corrected chi connectivity index (χ1v) is 11.0. The van der Waals surface area contributed by atoms with Gasteiger partial charge in [-0.1, -0.05) is 55.5 Å². The topological polar surface area (TPSA) is 40.6 Å². The Balaban J connectivity index is 1.76. The van der Waals surface area contributed by atoms with Crippen molar-refractivity contribution in [1.82, 2.24) is 0 Å². The highest BCUT2D eigenvalue weighted by atomic mass is 19.1. The second kappa shape index (κ2) is 9.35. The highest BCUT2D eigenvalue weighted by molar-refractivity contribution is 5.98. The molecule has 0 unspecified atom stereocenters. The number of benzene rings is 3. The molecule has 2 atom stereocenters.